The van der Waals surface area contributed by atoms with Crippen molar-refractivity contribution < 1.29 is 19.4 Å². The van der Waals surface area contributed by atoms with Crippen LogP contribution in [-0.4, -0.2) is 22.6 Å². The van der Waals surface area contributed by atoms with Gasteiger partial charge < -0.3 is 9.84 Å². The van der Waals surface area contributed by atoms with Gasteiger partial charge in [0.15, 0.2) is 5.92 Å². The number of hydrogen-bond donors (Lipinski definition) is 1. The van der Waals surface area contributed by atoms with E-state index in [-0.39, 0.29) is 0 Å². The third kappa shape index (κ3) is 5.38. The number of aliphatic carboxylic acids is 1. The molecule has 0 spiro atoms. The maximum absolute atomic E-state index is 12.5. The largest absolute Gasteiger partial charge is 0.480 e. The minimum absolute atomic E-state index is 0.458. The second kappa shape index (κ2) is 9.33. The molecule has 0 aliphatic carbocycles. The number of carbonyl (C=O) groups excluding carboxylic acids is 1. The van der Waals surface area contributed by atoms with Gasteiger partial charge in [-0.1, -0.05) is 63.9 Å². The topological polar surface area (TPSA) is 63.6 Å². The summed E-state index contributed by atoms with van der Waals surface area (Å²) in [6.45, 7) is 6.10. The summed E-state index contributed by atoms with van der Waals surface area (Å²) < 4.78 is 5.74. The summed E-state index contributed by atoms with van der Waals surface area (Å²) in [5, 5.41) is 9.45. The Bertz CT molecular complexity index is 491. The maximum Gasteiger partial charge on any atom is 0.325 e. The molecule has 0 bridgehead atoms. The van der Waals surface area contributed by atoms with Crippen LogP contribution in [0, 0.1) is 0 Å². The zero-order valence-corrected chi connectivity index (χ0v) is 14.4. The smallest absolute Gasteiger partial charge is 0.325 e. The van der Waals surface area contributed by atoms with Crippen LogP contribution in [0.4, 0.5) is 0 Å². The lowest BCUT2D eigenvalue weighted by Gasteiger charge is -2.33. The Kier molecular flexibility index (Phi) is 7.79. The zero-order chi connectivity index (χ0) is 17.3. The number of benzene rings is 1. The van der Waals surface area contributed by atoms with Crippen molar-refractivity contribution in [3.05, 3.63) is 35.9 Å². The van der Waals surface area contributed by atoms with Crippen molar-refractivity contribution in [1.82, 2.24) is 0 Å². The molecule has 128 valence electrons. The zero-order valence-electron chi connectivity index (χ0n) is 14.4. The lowest BCUT2D eigenvalue weighted by molar-refractivity contribution is -0.168. The number of unbranched alkanes of at least 4 members (excludes halogenated alkanes) is 2. The molecule has 0 saturated heterocycles. The van der Waals surface area contributed by atoms with Crippen LogP contribution in [0.5, 0.6) is 0 Å². The van der Waals surface area contributed by atoms with Crippen LogP contribution in [0.15, 0.2) is 30.3 Å². The Morgan fingerprint density at radius 2 is 1.70 bits per heavy atom. The first kappa shape index (κ1) is 19.2. The molecule has 0 radical (unpaired) electrons. The molecule has 0 saturated carbocycles. The number of carboxylic acids is 1. The Morgan fingerprint density at radius 3 is 2.17 bits per heavy atom. The Morgan fingerprint density at radius 1 is 1.09 bits per heavy atom. The maximum atomic E-state index is 12.5. The molecule has 1 unspecified atom stereocenters. The summed E-state index contributed by atoms with van der Waals surface area (Å²) in [6.07, 6.45) is 5.33. The van der Waals surface area contributed by atoms with Gasteiger partial charge in [-0.05, 0) is 31.2 Å². The molecule has 0 amide bonds. The van der Waals surface area contributed by atoms with Crippen LogP contribution in [0.25, 0.3) is 0 Å². The number of carbonyl (C=O) groups is 2. The van der Waals surface area contributed by atoms with Gasteiger partial charge in [0.1, 0.15) is 5.60 Å². The molecular formula is C19H28O4. The van der Waals surface area contributed by atoms with Crippen molar-refractivity contribution in [2.45, 2.75) is 70.8 Å². The number of esters is 1. The summed E-state index contributed by atoms with van der Waals surface area (Å²) >= 11 is 0. The van der Waals surface area contributed by atoms with E-state index in [4.69, 9.17) is 4.74 Å². The van der Waals surface area contributed by atoms with E-state index in [1.807, 2.05) is 13.8 Å². The van der Waals surface area contributed by atoms with Crippen molar-refractivity contribution in [3.8, 4) is 0 Å². The molecule has 1 atom stereocenters. The summed E-state index contributed by atoms with van der Waals surface area (Å²) in [4.78, 5) is 24.1. The highest BCUT2D eigenvalue weighted by molar-refractivity contribution is 6.00. The van der Waals surface area contributed by atoms with Gasteiger partial charge >= 0.3 is 11.9 Å². The summed E-state index contributed by atoms with van der Waals surface area (Å²) in [5.74, 6) is -3.10. The molecule has 0 aliphatic rings. The van der Waals surface area contributed by atoms with E-state index in [0.29, 0.717) is 18.4 Å². The molecule has 0 fully saturated rings. The Hall–Kier alpha value is -1.84. The summed E-state index contributed by atoms with van der Waals surface area (Å²) in [7, 11) is 0. The first-order valence-corrected chi connectivity index (χ1v) is 8.50. The second-order valence-corrected chi connectivity index (χ2v) is 5.95. The molecule has 0 aliphatic heterocycles. The van der Waals surface area contributed by atoms with Crippen molar-refractivity contribution in [1.29, 1.82) is 0 Å². The van der Waals surface area contributed by atoms with Crippen LogP contribution < -0.4 is 0 Å². The van der Waals surface area contributed by atoms with Gasteiger partial charge in [0.2, 0.25) is 0 Å². The fourth-order valence-corrected chi connectivity index (χ4v) is 2.79. The molecule has 4 nitrogen and oxygen atoms in total. The third-order valence-corrected chi connectivity index (χ3v) is 4.46. The number of carboxylic acid groups (broad SMARTS) is 1. The van der Waals surface area contributed by atoms with Crippen LogP contribution in [-0.2, 0) is 14.3 Å². The molecule has 0 heterocycles. The molecule has 1 aromatic carbocycles. The highest BCUT2D eigenvalue weighted by Gasteiger charge is 2.36. The van der Waals surface area contributed by atoms with Gasteiger partial charge in [-0.25, -0.2) is 0 Å². The lowest BCUT2D eigenvalue weighted by Crippen LogP contribution is -2.37. The number of hydrogen-bond acceptors (Lipinski definition) is 3. The molecule has 1 aromatic rings. The number of ether oxygens (including phenoxy) is 1. The highest BCUT2D eigenvalue weighted by atomic mass is 16.6. The Labute approximate surface area is 138 Å². The van der Waals surface area contributed by atoms with Crippen LogP contribution in [0.2, 0.25) is 0 Å². The van der Waals surface area contributed by atoms with Crippen molar-refractivity contribution in [2.75, 3.05) is 0 Å². The predicted molar refractivity (Wildman–Crippen MR) is 90.4 cm³/mol. The molecule has 1 rings (SSSR count). The van der Waals surface area contributed by atoms with E-state index in [2.05, 4.69) is 6.92 Å². The fraction of sp³-hybridized carbons (Fsp3) is 0.579. The first-order valence-electron chi connectivity index (χ1n) is 8.50. The van der Waals surface area contributed by atoms with Gasteiger partial charge in [0.05, 0.1) is 0 Å². The quantitative estimate of drug-likeness (QED) is 0.390. The molecule has 1 N–H and O–H groups in total. The molecular weight excluding hydrogens is 292 g/mol. The lowest BCUT2D eigenvalue weighted by atomic mass is 9.89. The normalized spacial score (nSPS) is 12.7. The van der Waals surface area contributed by atoms with E-state index in [1.165, 1.54) is 0 Å². The highest BCUT2D eigenvalue weighted by Crippen LogP contribution is 2.30. The van der Waals surface area contributed by atoms with Crippen LogP contribution in [0.1, 0.15) is 70.8 Å². The monoisotopic (exact) mass is 320 g/mol. The van der Waals surface area contributed by atoms with Gasteiger partial charge in [0, 0.05) is 0 Å². The van der Waals surface area contributed by atoms with Crippen LogP contribution in [0.3, 0.4) is 0 Å². The van der Waals surface area contributed by atoms with E-state index in [1.54, 1.807) is 30.3 Å². The first-order chi connectivity index (χ1) is 11.0. The third-order valence-electron chi connectivity index (χ3n) is 4.46. The predicted octanol–water partition coefficient (Wildman–Crippen LogP) is 4.54. The average Bonchev–Trinajstić information content (AvgIpc) is 2.55. The molecule has 23 heavy (non-hydrogen) atoms. The van der Waals surface area contributed by atoms with Crippen molar-refractivity contribution in [2.24, 2.45) is 0 Å². The van der Waals surface area contributed by atoms with Gasteiger partial charge in [-0.3, -0.25) is 9.59 Å². The van der Waals surface area contributed by atoms with E-state index < -0.39 is 23.5 Å². The Balaban J connectivity index is 2.92. The fourth-order valence-electron chi connectivity index (χ4n) is 2.79. The van der Waals surface area contributed by atoms with E-state index in [9.17, 15) is 14.7 Å². The average molecular weight is 320 g/mol. The summed E-state index contributed by atoms with van der Waals surface area (Å²) in [5.41, 5.74) is -0.103. The minimum atomic E-state index is -1.26. The van der Waals surface area contributed by atoms with Gasteiger partial charge in [0.25, 0.3) is 0 Å². The summed E-state index contributed by atoms with van der Waals surface area (Å²) in [6, 6.07) is 8.55. The molecule has 4 heteroatoms. The van der Waals surface area contributed by atoms with E-state index >= 15 is 0 Å². The van der Waals surface area contributed by atoms with Gasteiger partial charge in [-0.2, -0.15) is 0 Å². The SMILES string of the molecule is CCCCCC(CC)(CC)OC(=O)C(C(=O)O)c1ccccc1. The number of rotatable bonds is 10. The van der Waals surface area contributed by atoms with Crippen molar-refractivity contribution >= 4 is 11.9 Å². The molecule has 0 aromatic heterocycles. The second-order valence-electron chi connectivity index (χ2n) is 5.95. The minimum Gasteiger partial charge on any atom is -0.480 e. The van der Waals surface area contributed by atoms with Crippen molar-refractivity contribution in [3.63, 3.8) is 0 Å². The van der Waals surface area contributed by atoms with Crippen LogP contribution >= 0.6 is 0 Å². The standard InChI is InChI=1S/C19H28O4/c1-4-7-11-14-19(5-2,6-3)23-18(22)16(17(20)21)15-12-9-8-10-13-15/h8-10,12-13,16H,4-7,11,14H2,1-3H3,(H,20,21). The van der Waals surface area contributed by atoms with Gasteiger partial charge in [-0.15, -0.1) is 0 Å². The van der Waals surface area contributed by atoms with E-state index in [0.717, 1.165) is 25.7 Å².